The molecule has 0 bridgehead atoms. The largest absolute Gasteiger partial charge is 0.393 e. The summed E-state index contributed by atoms with van der Waals surface area (Å²) in [6, 6.07) is 15.9. The number of pyridine rings is 1. The summed E-state index contributed by atoms with van der Waals surface area (Å²) in [6.45, 7) is 3.36. The number of anilines is 4. The highest BCUT2D eigenvalue weighted by Gasteiger charge is 2.18. The zero-order valence-corrected chi connectivity index (χ0v) is 13.6. The lowest BCUT2D eigenvalue weighted by molar-refractivity contribution is 0.917. The normalized spacial score (nSPS) is 10.4. The van der Waals surface area contributed by atoms with Crippen molar-refractivity contribution in [1.29, 1.82) is 0 Å². The Bertz CT molecular complexity index is 776. The first kappa shape index (κ1) is 15.7. The molecule has 0 amide bonds. The predicted molar refractivity (Wildman–Crippen MR) is 97.1 cm³/mol. The van der Waals surface area contributed by atoms with Gasteiger partial charge < -0.3 is 16.0 Å². The molecule has 122 valence electrons. The second kappa shape index (κ2) is 7.41. The van der Waals surface area contributed by atoms with Crippen LogP contribution in [0.5, 0.6) is 0 Å². The maximum absolute atomic E-state index is 6.30. The molecule has 0 atom stereocenters. The number of nitrogen functional groups attached to an aromatic ring is 1. The Balaban J connectivity index is 2.03. The molecule has 0 spiro atoms. The lowest BCUT2D eigenvalue weighted by atomic mass is 10.2. The molecule has 3 aromatic rings. The van der Waals surface area contributed by atoms with Gasteiger partial charge in [-0.05, 0) is 24.6 Å². The molecule has 6 nitrogen and oxygen atoms in total. The van der Waals surface area contributed by atoms with Crippen molar-refractivity contribution in [3.8, 4) is 0 Å². The maximum Gasteiger partial charge on any atom is 0.163 e. The summed E-state index contributed by atoms with van der Waals surface area (Å²) in [5, 5.41) is 3.16. The van der Waals surface area contributed by atoms with Gasteiger partial charge in [0.05, 0.1) is 6.54 Å². The number of nitrogens with zero attached hydrogens (tertiary/aromatic N) is 4. The van der Waals surface area contributed by atoms with E-state index in [9.17, 15) is 0 Å². The Morgan fingerprint density at radius 2 is 1.79 bits per heavy atom. The van der Waals surface area contributed by atoms with Gasteiger partial charge in [-0.25, -0.2) is 15.0 Å². The highest BCUT2D eigenvalue weighted by atomic mass is 15.3. The van der Waals surface area contributed by atoms with Gasteiger partial charge in [-0.15, -0.1) is 0 Å². The molecule has 0 aliphatic rings. The summed E-state index contributed by atoms with van der Waals surface area (Å²) in [7, 11) is 0. The van der Waals surface area contributed by atoms with Crippen molar-refractivity contribution in [2.75, 3.05) is 22.5 Å². The van der Waals surface area contributed by atoms with Crippen molar-refractivity contribution >= 4 is 23.1 Å². The van der Waals surface area contributed by atoms with Gasteiger partial charge in [0, 0.05) is 12.7 Å². The van der Waals surface area contributed by atoms with Crippen molar-refractivity contribution in [1.82, 2.24) is 15.0 Å². The Morgan fingerprint density at radius 1 is 1.00 bits per heavy atom. The van der Waals surface area contributed by atoms with Gasteiger partial charge in [-0.3, -0.25) is 0 Å². The van der Waals surface area contributed by atoms with Crippen LogP contribution in [-0.2, 0) is 6.54 Å². The molecule has 0 aliphatic heterocycles. The SMILES string of the molecule is CCNc1ncnc(N(Cc2ccccc2)c2ccccn2)c1N. The molecular formula is C18H20N6. The average Bonchev–Trinajstić information content (AvgIpc) is 2.64. The van der Waals surface area contributed by atoms with Gasteiger partial charge in [0.25, 0.3) is 0 Å². The minimum Gasteiger partial charge on any atom is -0.393 e. The van der Waals surface area contributed by atoms with Crippen LogP contribution in [0.2, 0.25) is 0 Å². The molecule has 0 aliphatic carbocycles. The fraction of sp³-hybridized carbons (Fsp3) is 0.167. The number of rotatable bonds is 6. The zero-order valence-electron chi connectivity index (χ0n) is 13.6. The standard InChI is InChI=1S/C18H20N6/c1-2-20-17-16(19)18(23-13-22-17)24(15-10-6-7-11-21-15)12-14-8-4-3-5-9-14/h3-11,13H,2,12,19H2,1H3,(H,20,22,23). The average molecular weight is 320 g/mol. The van der Waals surface area contributed by atoms with Crippen molar-refractivity contribution in [3.05, 3.63) is 66.6 Å². The van der Waals surface area contributed by atoms with E-state index in [1.54, 1.807) is 6.20 Å². The van der Waals surface area contributed by atoms with Crippen LogP contribution < -0.4 is 16.0 Å². The molecule has 0 saturated carbocycles. The third kappa shape index (κ3) is 3.43. The first-order valence-corrected chi connectivity index (χ1v) is 7.86. The van der Waals surface area contributed by atoms with Gasteiger partial charge in [-0.2, -0.15) is 0 Å². The third-order valence-corrected chi connectivity index (χ3v) is 3.57. The van der Waals surface area contributed by atoms with E-state index in [0.717, 1.165) is 17.9 Å². The van der Waals surface area contributed by atoms with E-state index in [2.05, 4.69) is 32.4 Å². The van der Waals surface area contributed by atoms with Gasteiger partial charge >= 0.3 is 0 Å². The Labute approximate surface area is 141 Å². The molecule has 2 aromatic heterocycles. The van der Waals surface area contributed by atoms with E-state index in [4.69, 9.17) is 5.73 Å². The number of benzene rings is 1. The minimum absolute atomic E-state index is 0.515. The maximum atomic E-state index is 6.30. The number of nitrogens with one attached hydrogen (secondary N) is 1. The van der Waals surface area contributed by atoms with E-state index < -0.39 is 0 Å². The molecule has 1 aromatic carbocycles. The van der Waals surface area contributed by atoms with Crippen molar-refractivity contribution in [2.45, 2.75) is 13.5 Å². The number of hydrogen-bond acceptors (Lipinski definition) is 6. The van der Waals surface area contributed by atoms with Crippen LogP contribution in [0, 0.1) is 0 Å². The van der Waals surface area contributed by atoms with Crippen LogP contribution in [0.25, 0.3) is 0 Å². The lowest BCUT2D eigenvalue weighted by Gasteiger charge is -2.24. The highest BCUT2D eigenvalue weighted by Crippen LogP contribution is 2.31. The minimum atomic E-state index is 0.515. The van der Waals surface area contributed by atoms with Crippen LogP contribution in [0.4, 0.5) is 23.1 Å². The Hall–Kier alpha value is -3.15. The summed E-state index contributed by atoms with van der Waals surface area (Å²) >= 11 is 0. The van der Waals surface area contributed by atoms with Crippen LogP contribution in [0.1, 0.15) is 12.5 Å². The van der Waals surface area contributed by atoms with Gasteiger partial charge in [0.2, 0.25) is 0 Å². The second-order valence-corrected chi connectivity index (χ2v) is 5.25. The van der Waals surface area contributed by atoms with E-state index >= 15 is 0 Å². The first-order valence-electron chi connectivity index (χ1n) is 7.86. The number of aromatic nitrogens is 3. The lowest BCUT2D eigenvalue weighted by Crippen LogP contribution is -2.21. The summed E-state index contributed by atoms with van der Waals surface area (Å²) in [4.78, 5) is 15.1. The summed E-state index contributed by atoms with van der Waals surface area (Å²) < 4.78 is 0. The fourth-order valence-corrected chi connectivity index (χ4v) is 2.45. The van der Waals surface area contributed by atoms with Crippen molar-refractivity contribution in [2.24, 2.45) is 0 Å². The van der Waals surface area contributed by atoms with Crippen LogP contribution in [-0.4, -0.2) is 21.5 Å². The molecule has 6 heteroatoms. The molecule has 0 radical (unpaired) electrons. The van der Waals surface area contributed by atoms with E-state index in [1.807, 2.05) is 48.2 Å². The van der Waals surface area contributed by atoms with Crippen molar-refractivity contribution in [3.63, 3.8) is 0 Å². The highest BCUT2D eigenvalue weighted by molar-refractivity contribution is 5.78. The number of hydrogen-bond donors (Lipinski definition) is 2. The topological polar surface area (TPSA) is 80.0 Å². The van der Waals surface area contributed by atoms with E-state index in [-0.39, 0.29) is 0 Å². The molecule has 0 unspecified atom stereocenters. The fourth-order valence-electron chi connectivity index (χ4n) is 2.45. The quantitative estimate of drug-likeness (QED) is 0.726. The smallest absolute Gasteiger partial charge is 0.163 e. The molecule has 3 N–H and O–H groups in total. The third-order valence-electron chi connectivity index (χ3n) is 3.57. The monoisotopic (exact) mass is 320 g/mol. The zero-order chi connectivity index (χ0) is 16.8. The van der Waals surface area contributed by atoms with Crippen molar-refractivity contribution < 1.29 is 0 Å². The Morgan fingerprint density at radius 3 is 2.50 bits per heavy atom. The van der Waals surface area contributed by atoms with Gasteiger partial charge in [0.1, 0.15) is 17.8 Å². The summed E-state index contributed by atoms with van der Waals surface area (Å²) in [6.07, 6.45) is 3.28. The molecular weight excluding hydrogens is 300 g/mol. The number of nitrogens with two attached hydrogens (primary N) is 1. The van der Waals surface area contributed by atoms with Crippen LogP contribution in [0.15, 0.2) is 61.1 Å². The first-order chi connectivity index (χ1) is 11.8. The molecule has 3 rings (SSSR count). The summed E-state index contributed by atoms with van der Waals surface area (Å²) in [5.74, 6) is 2.06. The second-order valence-electron chi connectivity index (χ2n) is 5.25. The van der Waals surface area contributed by atoms with Gasteiger partial charge in [0.15, 0.2) is 11.6 Å². The van der Waals surface area contributed by atoms with Crippen LogP contribution >= 0.6 is 0 Å². The molecule has 0 fully saturated rings. The predicted octanol–water partition coefficient (Wildman–Crippen LogP) is 3.22. The molecule has 0 saturated heterocycles. The molecule has 24 heavy (non-hydrogen) atoms. The van der Waals surface area contributed by atoms with Gasteiger partial charge in [-0.1, -0.05) is 36.4 Å². The summed E-state index contributed by atoms with van der Waals surface area (Å²) in [5.41, 5.74) is 7.96. The van der Waals surface area contributed by atoms with E-state index in [0.29, 0.717) is 23.9 Å². The molecule has 2 heterocycles. The van der Waals surface area contributed by atoms with E-state index in [1.165, 1.54) is 6.33 Å². The van der Waals surface area contributed by atoms with Crippen LogP contribution in [0.3, 0.4) is 0 Å². The Kier molecular flexibility index (Phi) is 4.86.